The van der Waals surface area contributed by atoms with Crippen molar-refractivity contribution < 1.29 is 4.42 Å². The molecule has 3 rings (SSSR count). The van der Waals surface area contributed by atoms with E-state index in [4.69, 9.17) is 16.0 Å². The van der Waals surface area contributed by atoms with E-state index in [2.05, 4.69) is 4.98 Å². The van der Waals surface area contributed by atoms with Crippen molar-refractivity contribution in [2.24, 2.45) is 0 Å². The molecule has 0 aliphatic rings. The maximum Gasteiger partial charge on any atom is 0.153 e. The van der Waals surface area contributed by atoms with Crippen LogP contribution < -0.4 is 0 Å². The first-order chi connectivity index (χ1) is 7.86. The van der Waals surface area contributed by atoms with Gasteiger partial charge in [0, 0.05) is 10.9 Å². The molecule has 3 aromatic rings. The molecule has 16 heavy (non-hydrogen) atoms. The molecule has 3 heteroatoms. The molecule has 0 aliphatic carbocycles. The molecule has 0 N–H and O–H groups in total. The van der Waals surface area contributed by atoms with Gasteiger partial charge in [-0.05, 0) is 6.07 Å². The third-order valence-corrected chi connectivity index (χ3v) is 2.88. The zero-order valence-corrected chi connectivity index (χ0v) is 9.11. The Bertz CT molecular complexity index is 631. The molecule has 2 nitrogen and oxygen atoms in total. The van der Waals surface area contributed by atoms with Gasteiger partial charge in [-0.15, -0.1) is 0 Å². The van der Waals surface area contributed by atoms with Crippen molar-refractivity contribution in [2.75, 3.05) is 0 Å². The Hall–Kier alpha value is -1.80. The fourth-order valence-corrected chi connectivity index (χ4v) is 2.02. The van der Waals surface area contributed by atoms with Crippen LogP contribution >= 0.6 is 11.6 Å². The predicted octanol–water partition coefficient (Wildman–Crippen LogP) is 4.15. The first-order valence-corrected chi connectivity index (χ1v) is 5.31. The van der Waals surface area contributed by atoms with Gasteiger partial charge in [0.25, 0.3) is 0 Å². The summed E-state index contributed by atoms with van der Waals surface area (Å²) < 4.78 is 5.24. The highest BCUT2D eigenvalue weighted by atomic mass is 35.5. The van der Waals surface area contributed by atoms with Crippen molar-refractivity contribution in [2.45, 2.75) is 0 Å². The van der Waals surface area contributed by atoms with Gasteiger partial charge in [0.05, 0.1) is 23.2 Å². The summed E-state index contributed by atoms with van der Waals surface area (Å²) in [6, 6.07) is 11.7. The summed E-state index contributed by atoms with van der Waals surface area (Å²) in [5.74, 6) is 0. The van der Waals surface area contributed by atoms with Crippen LogP contribution in [0.4, 0.5) is 0 Å². The smallest absolute Gasteiger partial charge is 0.153 e. The molecule has 0 saturated carbocycles. The van der Waals surface area contributed by atoms with Crippen LogP contribution in [0.25, 0.3) is 22.2 Å². The second kappa shape index (κ2) is 3.65. The third kappa shape index (κ3) is 1.39. The fraction of sp³-hybridized carbons (Fsp3) is 0. The quantitative estimate of drug-likeness (QED) is 0.627. The van der Waals surface area contributed by atoms with E-state index in [0.717, 1.165) is 16.6 Å². The summed E-state index contributed by atoms with van der Waals surface area (Å²) >= 11 is 6.29. The highest BCUT2D eigenvalue weighted by molar-refractivity contribution is 6.37. The van der Waals surface area contributed by atoms with E-state index >= 15 is 0 Å². The molecule has 2 heterocycles. The number of furan rings is 1. The first kappa shape index (κ1) is 9.43. The molecule has 1 aromatic carbocycles. The molecule has 0 bridgehead atoms. The molecule has 0 amide bonds. The molecule has 0 aliphatic heterocycles. The van der Waals surface area contributed by atoms with E-state index < -0.39 is 0 Å². The van der Waals surface area contributed by atoms with Gasteiger partial charge in [-0.3, -0.25) is 4.98 Å². The number of hydrogen-bond acceptors (Lipinski definition) is 2. The lowest BCUT2D eigenvalue weighted by atomic mass is 10.1. The Morgan fingerprint density at radius 3 is 2.69 bits per heavy atom. The Labute approximate surface area is 97.5 Å². The Morgan fingerprint density at radius 1 is 1.06 bits per heavy atom. The van der Waals surface area contributed by atoms with E-state index in [1.165, 1.54) is 0 Å². The topological polar surface area (TPSA) is 26.0 Å². The normalized spacial score (nSPS) is 10.8. The van der Waals surface area contributed by atoms with Gasteiger partial charge in [-0.1, -0.05) is 41.9 Å². The largest absolute Gasteiger partial charge is 0.463 e. The number of pyridine rings is 1. The second-order valence-corrected chi connectivity index (χ2v) is 3.86. The molecule has 0 fully saturated rings. The number of nitrogens with zero attached hydrogens (tertiary/aromatic N) is 1. The SMILES string of the molecule is Clc1c(-c2ccccc2)ncc2occc12. The predicted molar refractivity (Wildman–Crippen MR) is 64.5 cm³/mol. The maximum atomic E-state index is 6.29. The van der Waals surface area contributed by atoms with E-state index in [1.54, 1.807) is 12.5 Å². The molecular formula is C13H8ClNO. The summed E-state index contributed by atoms with van der Waals surface area (Å²) in [5, 5.41) is 1.54. The van der Waals surface area contributed by atoms with E-state index in [1.807, 2.05) is 36.4 Å². The average Bonchev–Trinajstić information content (AvgIpc) is 2.80. The minimum atomic E-state index is 0.637. The van der Waals surface area contributed by atoms with Gasteiger partial charge < -0.3 is 4.42 Å². The van der Waals surface area contributed by atoms with Crippen molar-refractivity contribution in [3.05, 3.63) is 53.9 Å². The molecule has 0 saturated heterocycles. The monoisotopic (exact) mass is 229 g/mol. The van der Waals surface area contributed by atoms with Crippen LogP contribution in [-0.4, -0.2) is 4.98 Å². The highest BCUT2D eigenvalue weighted by Crippen LogP contribution is 2.32. The van der Waals surface area contributed by atoms with Crippen LogP contribution in [0.2, 0.25) is 5.02 Å². The van der Waals surface area contributed by atoms with Crippen LogP contribution in [0.1, 0.15) is 0 Å². The number of fused-ring (bicyclic) bond motifs is 1. The zero-order valence-electron chi connectivity index (χ0n) is 8.35. The number of aromatic nitrogens is 1. The second-order valence-electron chi connectivity index (χ2n) is 3.49. The van der Waals surface area contributed by atoms with Gasteiger partial charge in [0.2, 0.25) is 0 Å². The lowest BCUT2D eigenvalue weighted by Crippen LogP contribution is -1.84. The van der Waals surface area contributed by atoms with Crippen molar-refractivity contribution >= 4 is 22.6 Å². The number of benzene rings is 1. The van der Waals surface area contributed by atoms with Gasteiger partial charge in [0.15, 0.2) is 5.58 Å². The molecule has 0 spiro atoms. The van der Waals surface area contributed by atoms with Crippen LogP contribution in [0.15, 0.2) is 53.3 Å². The first-order valence-electron chi connectivity index (χ1n) is 4.93. The third-order valence-electron chi connectivity index (χ3n) is 2.50. The minimum absolute atomic E-state index is 0.637. The Kier molecular flexibility index (Phi) is 2.15. The molecular weight excluding hydrogens is 222 g/mol. The van der Waals surface area contributed by atoms with Crippen molar-refractivity contribution in [3.63, 3.8) is 0 Å². The van der Waals surface area contributed by atoms with Crippen LogP contribution in [-0.2, 0) is 0 Å². The lowest BCUT2D eigenvalue weighted by molar-refractivity contribution is 0.614. The minimum Gasteiger partial charge on any atom is -0.463 e. The van der Waals surface area contributed by atoms with E-state index in [-0.39, 0.29) is 0 Å². The molecule has 2 aromatic heterocycles. The summed E-state index contributed by atoms with van der Waals surface area (Å²) in [5.41, 5.74) is 2.51. The summed E-state index contributed by atoms with van der Waals surface area (Å²) in [7, 11) is 0. The van der Waals surface area contributed by atoms with E-state index in [0.29, 0.717) is 10.6 Å². The lowest BCUT2D eigenvalue weighted by Gasteiger charge is -2.03. The number of hydrogen-bond donors (Lipinski definition) is 0. The van der Waals surface area contributed by atoms with Gasteiger partial charge in [-0.2, -0.15) is 0 Å². The van der Waals surface area contributed by atoms with Gasteiger partial charge >= 0.3 is 0 Å². The summed E-state index contributed by atoms with van der Waals surface area (Å²) in [6.45, 7) is 0. The van der Waals surface area contributed by atoms with Crippen LogP contribution in [0, 0.1) is 0 Å². The van der Waals surface area contributed by atoms with Gasteiger partial charge in [-0.25, -0.2) is 0 Å². The molecule has 0 unspecified atom stereocenters. The zero-order chi connectivity index (χ0) is 11.0. The average molecular weight is 230 g/mol. The highest BCUT2D eigenvalue weighted by Gasteiger charge is 2.10. The molecule has 0 radical (unpaired) electrons. The maximum absolute atomic E-state index is 6.29. The standard InChI is InChI=1S/C13H8ClNO/c14-12-10-6-7-16-11(10)8-15-13(12)9-4-2-1-3-5-9/h1-8H. The Morgan fingerprint density at radius 2 is 1.88 bits per heavy atom. The Balaban J connectivity index is 2.28. The van der Waals surface area contributed by atoms with Crippen molar-refractivity contribution in [1.29, 1.82) is 0 Å². The molecule has 78 valence electrons. The fourth-order valence-electron chi connectivity index (χ4n) is 1.71. The number of rotatable bonds is 1. The van der Waals surface area contributed by atoms with Crippen LogP contribution in [0.3, 0.4) is 0 Å². The van der Waals surface area contributed by atoms with E-state index in [9.17, 15) is 0 Å². The van der Waals surface area contributed by atoms with Crippen molar-refractivity contribution in [3.8, 4) is 11.3 Å². The van der Waals surface area contributed by atoms with Crippen molar-refractivity contribution in [1.82, 2.24) is 4.98 Å². The summed E-state index contributed by atoms with van der Waals surface area (Å²) in [4.78, 5) is 4.32. The van der Waals surface area contributed by atoms with Crippen LogP contribution in [0.5, 0.6) is 0 Å². The number of halogens is 1. The summed E-state index contributed by atoms with van der Waals surface area (Å²) in [6.07, 6.45) is 3.32. The molecule has 0 atom stereocenters. The van der Waals surface area contributed by atoms with Gasteiger partial charge in [0.1, 0.15) is 0 Å².